The van der Waals surface area contributed by atoms with Crippen LogP contribution in [0.2, 0.25) is 0 Å². The molecule has 12 nitrogen and oxygen atoms in total. The number of pyridine rings is 1. The van der Waals surface area contributed by atoms with E-state index in [9.17, 15) is 8.78 Å². The van der Waals surface area contributed by atoms with E-state index >= 15 is 0 Å². The van der Waals surface area contributed by atoms with Gasteiger partial charge in [-0.05, 0) is 105 Å². The maximum atomic E-state index is 12.4. The van der Waals surface area contributed by atoms with Crippen LogP contribution in [0, 0.1) is 11.3 Å². The second kappa shape index (κ2) is 16.2. The molecule has 5 aromatic heterocycles. The van der Waals surface area contributed by atoms with Gasteiger partial charge in [-0.25, -0.2) is 19.0 Å². The monoisotopic (exact) mass is 766 g/mol. The summed E-state index contributed by atoms with van der Waals surface area (Å²) < 4.78 is 42.5. The minimum atomic E-state index is -2.86. The van der Waals surface area contributed by atoms with Gasteiger partial charge in [-0.15, -0.1) is 0 Å². The fourth-order valence-electron chi connectivity index (χ4n) is 7.38. The van der Waals surface area contributed by atoms with Crippen molar-refractivity contribution < 1.29 is 18.3 Å². The molecule has 57 heavy (non-hydrogen) atoms. The minimum Gasteiger partial charge on any atom is -0.435 e. The fourth-order valence-corrected chi connectivity index (χ4v) is 7.38. The van der Waals surface area contributed by atoms with Crippen LogP contribution in [-0.4, -0.2) is 63.9 Å². The van der Waals surface area contributed by atoms with E-state index in [0.29, 0.717) is 5.56 Å². The second-order valence-corrected chi connectivity index (χ2v) is 13.6. The lowest BCUT2D eigenvalue weighted by atomic mass is 10.1. The predicted molar refractivity (Wildman–Crippen MR) is 213 cm³/mol. The van der Waals surface area contributed by atoms with Gasteiger partial charge in [0.1, 0.15) is 5.75 Å². The van der Waals surface area contributed by atoms with Gasteiger partial charge in [-0.2, -0.15) is 34.4 Å². The number of hydrogen-bond donors (Lipinski definition) is 0. The van der Waals surface area contributed by atoms with E-state index in [1.165, 1.54) is 23.2 Å². The average molecular weight is 767 g/mol. The van der Waals surface area contributed by atoms with Crippen LogP contribution < -0.4 is 4.74 Å². The topological polar surface area (TPSA) is 126 Å². The predicted octanol–water partition coefficient (Wildman–Crippen LogP) is 8.66. The third kappa shape index (κ3) is 7.49. The quantitative estimate of drug-likeness (QED) is 0.143. The summed E-state index contributed by atoms with van der Waals surface area (Å²) >= 11 is 0. The Morgan fingerprint density at radius 2 is 1.47 bits per heavy atom. The van der Waals surface area contributed by atoms with Crippen molar-refractivity contribution in [2.24, 2.45) is 7.05 Å². The number of alkyl halides is 2. The first kappa shape index (κ1) is 37.2. The standard InChI is InChI=1S/C23H23F2N5O2.C20H17N5/c1-2-19-18-7-8-20(27-22(18)30(28-19)16-10-13-31-14-11-16)21-9-12-26-29(21)15-3-5-17(6-4-15)32-23(24)25;1-3-19-17-9-6-15(12-18(17)23-24(19)2)20-10-11-22-25(20)16-7-4-14(13-21)5-8-16/h3-9,12,16,23H,2,10-11,13-14H2,1H3;4-12H,3H2,1-2H3. The van der Waals surface area contributed by atoms with Gasteiger partial charge in [-0.1, -0.05) is 26.0 Å². The molecule has 0 bridgehead atoms. The summed E-state index contributed by atoms with van der Waals surface area (Å²) in [5.74, 6) is 0.101. The number of ether oxygens (including phenoxy) is 2. The Morgan fingerprint density at radius 3 is 2.14 bits per heavy atom. The largest absolute Gasteiger partial charge is 0.435 e. The molecule has 1 fully saturated rings. The molecule has 0 radical (unpaired) electrons. The molecule has 1 aliphatic rings. The van der Waals surface area contributed by atoms with E-state index < -0.39 is 6.61 Å². The molecule has 14 heteroatoms. The van der Waals surface area contributed by atoms with E-state index in [1.807, 2.05) is 46.7 Å². The summed E-state index contributed by atoms with van der Waals surface area (Å²) in [5.41, 5.74) is 10.0. The van der Waals surface area contributed by atoms with Gasteiger partial charge in [0, 0.05) is 42.3 Å². The summed E-state index contributed by atoms with van der Waals surface area (Å²) in [5, 5.41) is 29.6. The van der Waals surface area contributed by atoms with Gasteiger partial charge >= 0.3 is 6.61 Å². The van der Waals surface area contributed by atoms with Crippen LogP contribution in [0.1, 0.15) is 49.7 Å². The van der Waals surface area contributed by atoms with Crippen molar-refractivity contribution in [2.75, 3.05) is 13.2 Å². The van der Waals surface area contributed by atoms with Crippen LogP contribution in [0.25, 0.3) is 56.0 Å². The summed E-state index contributed by atoms with van der Waals surface area (Å²) in [6.45, 7) is 2.84. The Hall–Kier alpha value is -6.72. The molecule has 1 saturated heterocycles. The van der Waals surface area contributed by atoms with Crippen LogP contribution in [0.4, 0.5) is 8.78 Å². The van der Waals surface area contributed by atoms with Crippen LogP contribution >= 0.6 is 0 Å². The molecular weight excluding hydrogens is 727 g/mol. The van der Waals surface area contributed by atoms with E-state index in [-0.39, 0.29) is 11.8 Å². The first-order valence-corrected chi connectivity index (χ1v) is 18.9. The molecule has 0 N–H and O–H groups in total. The molecule has 0 aliphatic carbocycles. The van der Waals surface area contributed by atoms with E-state index in [2.05, 4.69) is 68.9 Å². The lowest BCUT2D eigenvalue weighted by Crippen LogP contribution is -2.21. The highest BCUT2D eigenvalue weighted by molar-refractivity contribution is 5.86. The fraction of sp³-hybridized carbons (Fsp3) is 0.256. The Labute approximate surface area is 327 Å². The molecule has 6 heterocycles. The van der Waals surface area contributed by atoms with Gasteiger partial charge in [0.15, 0.2) is 5.65 Å². The van der Waals surface area contributed by atoms with Gasteiger partial charge in [0.05, 0.1) is 69.7 Å². The molecule has 3 aromatic carbocycles. The first-order chi connectivity index (χ1) is 27.8. The Bertz CT molecular complexity index is 2680. The zero-order valence-corrected chi connectivity index (χ0v) is 31.8. The number of benzene rings is 3. The molecule has 0 amide bonds. The van der Waals surface area contributed by atoms with Crippen molar-refractivity contribution in [3.05, 3.63) is 120 Å². The third-order valence-electron chi connectivity index (χ3n) is 10.2. The number of nitrogens with zero attached hydrogens (tertiary/aromatic N) is 10. The van der Waals surface area contributed by atoms with Crippen molar-refractivity contribution >= 4 is 21.9 Å². The molecule has 1 aliphatic heterocycles. The van der Waals surface area contributed by atoms with Crippen molar-refractivity contribution in [1.82, 2.24) is 44.1 Å². The number of fused-ring (bicyclic) bond motifs is 2. The van der Waals surface area contributed by atoms with Crippen molar-refractivity contribution in [2.45, 2.75) is 52.2 Å². The van der Waals surface area contributed by atoms with Crippen LogP contribution in [-0.2, 0) is 24.6 Å². The summed E-state index contributed by atoms with van der Waals surface area (Å²) in [6, 6.07) is 30.4. The molecule has 0 atom stereocenters. The molecular formula is C43H40F2N10O2. The lowest BCUT2D eigenvalue weighted by molar-refractivity contribution is -0.0498. The van der Waals surface area contributed by atoms with Crippen molar-refractivity contribution in [3.63, 3.8) is 0 Å². The number of nitriles is 1. The van der Waals surface area contributed by atoms with E-state index in [4.69, 9.17) is 20.1 Å². The average Bonchev–Trinajstić information content (AvgIpc) is 4.06. The molecule has 0 saturated carbocycles. The number of halogens is 2. The van der Waals surface area contributed by atoms with E-state index in [0.717, 1.165) is 95.2 Å². The Kier molecular flexibility index (Phi) is 10.6. The molecule has 8 aromatic rings. The highest BCUT2D eigenvalue weighted by Gasteiger charge is 2.22. The minimum absolute atomic E-state index is 0.101. The number of aryl methyl sites for hydroxylation is 3. The zero-order valence-electron chi connectivity index (χ0n) is 31.8. The maximum Gasteiger partial charge on any atom is 0.387 e. The number of hydrogen-bond acceptors (Lipinski definition) is 8. The van der Waals surface area contributed by atoms with Crippen LogP contribution in [0.3, 0.4) is 0 Å². The van der Waals surface area contributed by atoms with Crippen molar-refractivity contribution in [3.8, 4) is 45.8 Å². The molecule has 0 unspecified atom stereocenters. The Morgan fingerprint density at radius 1 is 0.807 bits per heavy atom. The van der Waals surface area contributed by atoms with Crippen LogP contribution in [0.15, 0.2) is 103 Å². The summed E-state index contributed by atoms with van der Waals surface area (Å²) in [7, 11) is 1.99. The molecule has 0 spiro atoms. The third-order valence-corrected chi connectivity index (χ3v) is 10.2. The number of aromatic nitrogens is 9. The maximum absolute atomic E-state index is 12.4. The van der Waals surface area contributed by atoms with Gasteiger partial charge in [0.2, 0.25) is 0 Å². The van der Waals surface area contributed by atoms with Gasteiger partial charge in [0.25, 0.3) is 0 Å². The molecule has 288 valence electrons. The SMILES string of the molecule is CCc1c2ccc(-c3ccnn3-c3ccc(C#N)cc3)cc2nn1C.CCc1nn(C2CCOCC2)c2nc(-c3ccnn3-c3ccc(OC(F)F)cc3)ccc12. The highest BCUT2D eigenvalue weighted by atomic mass is 19.3. The van der Waals surface area contributed by atoms with Crippen LogP contribution in [0.5, 0.6) is 5.75 Å². The zero-order chi connectivity index (χ0) is 39.5. The highest BCUT2D eigenvalue weighted by Crippen LogP contribution is 2.31. The Balaban J connectivity index is 0.000000165. The summed E-state index contributed by atoms with van der Waals surface area (Å²) in [4.78, 5) is 4.98. The van der Waals surface area contributed by atoms with Gasteiger partial charge < -0.3 is 9.47 Å². The number of rotatable bonds is 9. The second-order valence-electron chi connectivity index (χ2n) is 13.6. The van der Waals surface area contributed by atoms with Crippen molar-refractivity contribution in [1.29, 1.82) is 5.26 Å². The van der Waals surface area contributed by atoms with E-state index in [1.54, 1.807) is 41.3 Å². The molecule has 9 rings (SSSR count). The first-order valence-electron chi connectivity index (χ1n) is 18.9. The van der Waals surface area contributed by atoms with Gasteiger partial charge in [-0.3, -0.25) is 4.68 Å². The smallest absolute Gasteiger partial charge is 0.387 e. The lowest BCUT2D eigenvalue weighted by Gasteiger charge is -2.22. The normalized spacial score (nSPS) is 13.2. The summed E-state index contributed by atoms with van der Waals surface area (Å²) in [6.07, 6.45) is 7.09.